The van der Waals surface area contributed by atoms with Crippen LogP contribution in [0.15, 0.2) is 24.3 Å². The molecule has 19 heavy (non-hydrogen) atoms. The van der Waals surface area contributed by atoms with Gasteiger partial charge < -0.3 is 5.73 Å². The van der Waals surface area contributed by atoms with Crippen molar-refractivity contribution in [3.05, 3.63) is 29.8 Å². The van der Waals surface area contributed by atoms with E-state index in [1.807, 2.05) is 0 Å². The summed E-state index contributed by atoms with van der Waals surface area (Å²) in [5.74, 6) is -0.369. The first-order valence-corrected chi connectivity index (χ1v) is 7.06. The summed E-state index contributed by atoms with van der Waals surface area (Å²) in [5, 5.41) is 0. The zero-order valence-electron chi connectivity index (χ0n) is 10.3. The second-order valence-corrected chi connectivity index (χ2v) is 6.26. The van der Waals surface area contributed by atoms with Crippen LogP contribution >= 0.6 is 0 Å². The number of benzene rings is 1. The Hall–Kier alpha value is -1.28. The van der Waals surface area contributed by atoms with Crippen molar-refractivity contribution in [1.82, 2.24) is 4.31 Å². The molecule has 0 aliphatic rings. The van der Waals surface area contributed by atoms with E-state index in [2.05, 4.69) is 0 Å². The highest BCUT2D eigenvalue weighted by molar-refractivity contribution is 7.88. The van der Waals surface area contributed by atoms with Crippen molar-refractivity contribution in [1.29, 1.82) is 0 Å². The Balaban J connectivity index is 2.70. The lowest BCUT2D eigenvalue weighted by Gasteiger charge is -2.18. The van der Waals surface area contributed by atoms with Gasteiger partial charge >= 0.3 is 6.18 Å². The van der Waals surface area contributed by atoms with Crippen LogP contribution in [0.5, 0.6) is 0 Å². The monoisotopic (exact) mass is 296 g/mol. The number of sulfonamides is 1. The van der Waals surface area contributed by atoms with Gasteiger partial charge in [-0.3, -0.25) is 0 Å². The van der Waals surface area contributed by atoms with E-state index in [0.717, 1.165) is 7.05 Å². The number of alkyl halides is 3. The normalized spacial score (nSPS) is 12.9. The fourth-order valence-corrected chi connectivity index (χ4v) is 2.62. The second-order valence-electron chi connectivity index (χ2n) is 4.19. The van der Waals surface area contributed by atoms with E-state index in [4.69, 9.17) is 5.73 Å². The van der Waals surface area contributed by atoms with Gasteiger partial charge in [0.15, 0.2) is 0 Å². The molecule has 0 aliphatic carbocycles. The standard InChI is InChI=1S/C11H15F3N2O2S/c1-16(6-5-11(12,13)14)19(17,18)8-9-3-2-4-10(15)7-9/h2-4,7H,5-6,8,15H2,1H3. The Morgan fingerprint density at radius 1 is 1.32 bits per heavy atom. The molecular weight excluding hydrogens is 281 g/mol. The minimum Gasteiger partial charge on any atom is -0.399 e. The Morgan fingerprint density at radius 2 is 1.95 bits per heavy atom. The Morgan fingerprint density at radius 3 is 2.47 bits per heavy atom. The van der Waals surface area contributed by atoms with Crippen LogP contribution < -0.4 is 5.73 Å². The first kappa shape index (κ1) is 15.8. The van der Waals surface area contributed by atoms with Crippen LogP contribution in [0.2, 0.25) is 0 Å². The highest BCUT2D eigenvalue weighted by Crippen LogP contribution is 2.21. The molecule has 0 radical (unpaired) electrons. The van der Waals surface area contributed by atoms with Crippen molar-refractivity contribution in [2.45, 2.75) is 18.3 Å². The molecule has 0 aromatic heterocycles. The van der Waals surface area contributed by atoms with Crippen LogP contribution in [-0.2, 0) is 15.8 Å². The molecule has 4 nitrogen and oxygen atoms in total. The summed E-state index contributed by atoms with van der Waals surface area (Å²) in [4.78, 5) is 0. The zero-order chi connectivity index (χ0) is 14.7. The van der Waals surface area contributed by atoms with E-state index in [0.29, 0.717) is 15.6 Å². The third-order valence-corrected chi connectivity index (χ3v) is 4.32. The number of hydrogen-bond acceptors (Lipinski definition) is 3. The van der Waals surface area contributed by atoms with Crippen LogP contribution in [0.3, 0.4) is 0 Å². The number of rotatable bonds is 5. The average molecular weight is 296 g/mol. The Bertz CT molecular complexity index is 529. The molecule has 0 bridgehead atoms. The fourth-order valence-electron chi connectivity index (χ4n) is 1.43. The number of hydrogen-bond donors (Lipinski definition) is 1. The lowest BCUT2D eigenvalue weighted by Crippen LogP contribution is -2.31. The molecule has 0 amide bonds. The van der Waals surface area contributed by atoms with Gasteiger partial charge in [-0.05, 0) is 17.7 Å². The zero-order valence-corrected chi connectivity index (χ0v) is 11.1. The number of anilines is 1. The number of halogens is 3. The molecule has 0 fully saturated rings. The van der Waals surface area contributed by atoms with Crippen molar-refractivity contribution in [3.8, 4) is 0 Å². The summed E-state index contributed by atoms with van der Waals surface area (Å²) in [6.45, 7) is -0.589. The molecule has 1 aromatic rings. The maximum atomic E-state index is 12.0. The van der Waals surface area contributed by atoms with Gasteiger partial charge in [0, 0.05) is 19.3 Å². The van der Waals surface area contributed by atoms with Crippen molar-refractivity contribution in [3.63, 3.8) is 0 Å². The number of nitrogen functional groups attached to an aromatic ring is 1. The lowest BCUT2D eigenvalue weighted by molar-refractivity contribution is -0.135. The quantitative estimate of drug-likeness (QED) is 0.845. The highest BCUT2D eigenvalue weighted by Gasteiger charge is 2.29. The highest BCUT2D eigenvalue weighted by atomic mass is 32.2. The molecule has 0 aliphatic heterocycles. The maximum absolute atomic E-state index is 12.0. The molecule has 0 heterocycles. The van der Waals surface area contributed by atoms with Gasteiger partial charge in [-0.15, -0.1) is 0 Å². The summed E-state index contributed by atoms with van der Waals surface area (Å²) in [5.41, 5.74) is 6.36. The molecule has 1 aromatic carbocycles. The van der Waals surface area contributed by atoms with Crippen LogP contribution in [0.4, 0.5) is 18.9 Å². The number of nitrogens with two attached hydrogens (primary N) is 1. The summed E-state index contributed by atoms with van der Waals surface area (Å²) in [7, 11) is -2.64. The van der Waals surface area contributed by atoms with Gasteiger partial charge in [0.05, 0.1) is 12.2 Å². The van der Waals surface area contributed by atoms with Gasteiger partial charge in [0.1, 0.15) is 0 Å². The first-order valence-electron chi connectivity index (χ1n) is 5.45. The SMILES string of the molecule is CN(CCC(F)(F)F)S(=O)(=O)Cc1cccc(N)c1. The molecular formula is C11H15F3N2O2S. The van der Waals surface area contributed by atoms with Gasteiger partial charge in [-0.25, -0.2) is 12.7 Å². The van der Waals surface area contributed by atoms with E-state index >= 15 is 0 Å². The first-order chi connectivity index (χ1) is 8.60. The molecule has 0 spiro atoms. The van der Waals surface area contributed by atoms with Crippen molar-refractivity contribution < 1.29 is 21.6 Å². The van der Waals surface area contributed by atoms with Crippen LogP contribution in [0.25, 0.3) is 0 Å². The van der Waals surface area contributed by atoms with Crippen LogP contribution in [-0.4, -0.2) is 32.5 Å². The summed E-state index contributed by atoms with van der Waals surface area (Å²) in [6.07, 6.45) is -5.54. The smallest absolute Gasteiger partial charge is 0.390 e. The summed E-state index contributed by atoms with van der Waals surface area (Å²) < 4.78 is 60.5. The van der Waals surface area contributed by atoms with E-state index in [-0.39, 0.29) is 5.75 Å². The third-order valence-electron chi connectivity index (χ3n) is 2.49. The van der Waals surface area contributed by atoms with Crippen molar-refractivity contribution >= 4 is 15.7 Å². The van der Waals surface area contributed by atoms with E-state index in [1.54, 1.807) is 18.2 Å². The van der Waals surface area contributed by atoms with E-state index in [1.165, 1.54) is 6.07 Å². The number of nitrogens with zero attached hydrogens (tertiary/aromatic N) is 1. The van der Waals surface area contributed by atoms with Crippen LogP contribution in [0.1, 0.15) is 12.0 Å². The largest absolute Gasteiger partial charge is 0.399 e. The van der Waals surface area contributed by atoms with Gasteiger partial charge in [0.2, 0.25) is 10.0 Å². The fraction of sp³-hybridized carbons (Fsp3) is 0.455. The predicted molar refractivity (Wildman–Crippen MR) is 66.8 cm³/mol. The Kier molecular flexibility index (Phi) is 4.81. The summed E-state index contributed by atoms with van der Waals surface area (Å²) in [6, 6.07) is 6.24. The molecule has 1 rings (SSSR count). The topological polar surface area (TPSA) is 63.4 Å². The lowest BCUT2D eigenvalue weighted by atomic mass is 10.2. The minimum atomic E-state index is -4.37. The maximum Gasteiger partial charge on any atom is 0.390 e. The molecule has 0 unspecified atom stereocenters. The molecule has 8 heteroatoms. The van der Waals surface area contributed by atoms with E-state index < -0.39 is 29.2 Å². The Labute approximate surface area is 110 Å². The van der Waals surface area contributed by atoms with Gasteiger partial charge in [0.25, 0.3) is 0 Å². The molecule has 2 N–H and O–H groups in total. The third kappa shape index (κ3) is 5.48. The van der Waals surface area contributed by atoms with Gasteiger partial charge in [-0.1, -0.05) is 12.1 Å². The average Bonchev–Trinajstić information content (AvgIpc) is 2.24. The summed E-state index contributed by atoms with van der Waals surface area (Å²) >= 11 is 0. The van der Waals surface area contributed by atoms with Crippen molar-refractivity contribution in [2.24, 2.45) is 0 Å². The minimum absolute atomic E-state index is 0.369. The van der Waals surface area contributed by atoms with Crippen LogP contribution in [0, 0.1) is 0 Å². The molecule has 0 saturated heterocycles. The van der Waals surface area contributed by atoms with Gasteiger partial charge in [-0.2, -0.15) is 13.2 Å². The predicted octanol–water partition coefficient (Wildman–Crippen LogP) is 1.98. The van der Waals surface area contributed by atoms with Crippen molar-refractivity contribution in [2.75, 3.05) is 19.3 Å². The molecule has 108 valence electrons. The molecule has 0 saturated carbocycles. The second kappa shape index (κ2) is 5.79. The van der Waals surface area contributed by atoms with E-state index in [9.17, 15) is 21.6 Å². The molecule has 0 atom stereocenters.